The predicted octanol–water partition coefficient (Wildman–Crippen LogP) is 2.37. The van der Waals surface area contributed by atoms with E-state index in [1.165, 1.54) is 24.3 Å². The van der Waals surface area contributed by atoms with Crippen LogP contribution in [0.4, 0.5) is 13.2 Å². The maximum atomic E-state index is 12.1. The highest BCUT2D eigenvalue weighted by atomic mass is 35.5. The number of ether oxygens (including phenoxy) is 1. The molecule has 0 unspecified atom stereocenters. The van der Waals surface area contributed by atoms with E-state index in [9.17, 15) is 13.2 Å². The van der Waals surface area contributed by atoms with Gasteiger partial charge in [0.1, 0.15) is 5.75 Å². The van der Waals surface area contributed by atoms with Crippen LogP contribution in [0, 0.1) is 0 Å². The molecule has 2 heterocycles. The third kappa shape index (κ3) is 3.82. The van der Waals surface area contributed by atoms with Gasteiger partial charge >= 0.3 is 6.36 Å². The van der Waals surface area contributed by atoms with E-state index in [2.05, 4.69) is 20.5 Å². The van der Waals surface area contributed by atoms with E-state index in [1.54, 1.807) is 0 Å². The van der Waals surface area contributed by atoms with Gasteiger partial charge in [-0.15, -0.1) is 25.6 Å². The summed E-state index contributed by atoms with van der Waals surface area (Å²) < 4.78 is 40.1. The van der Waals surface area contributed by atoms with Gasteiger partial charge in [0.25, 0.3) is 0 Å². The Morgan fingerprint density at radius 3 is 2.36 bits per heavy atom. The normalized spacial score (nSPS) is 20.0. The van der Waals surface area contributed by atoms with Crippen molar-refractivity contribution in [2.75, 3.05) is 13.1 Å². The lowest BCUT2D eigenvalue weighted by atomic mass is 10.0. The van der Waals surface area contributed by atoms with Crippen LogP contribution >= 0.6 is 12.4 Å². The number of amidine groups is 1. The van der Waals surface area contributed by atoms with Gasteiger partial charge in [-0.3, -0.25) is 0 Å². The average Bonchev–Trinajstić information content (AvgIpc) is 2.82. The lowest BCUT2D eigenvalue weighted by Gasteiger charge is -2.28. The molecule has 2 N–H and O–H groups in total. The lowest BCUT2D eigenvalue weighted by molar-refractivity contribution is -0.274. The van der Waals surface area contributed by atoms with Crippen molar-refractivity contribution in [3.63, 3.8) is 0 Å². The third-order valence-corrected chi connectivity index (χ3v) is 3.40. The number of alkyl halides is 3. The maximum absolute atomic E-state index is 12.1. The highest BCUT2D eigenvalue weighted by Crippen LogP contribution is 2.29. The van der Waals surface area contributed by atoms with Gasteiger partial charge in [-0.1, -0.05) is 0 Å². The van der Waals surface area contributed by atoms with Crippen LogP contribution in [0.1, 0.15) is 18.4 Å². The van der Waals surface area contributed by atoms with Crippen LogP contribution in [0.2, 0.25) is 0 Å². The fraction of sp³-hybridized carbons (Fsp3) is 0.462. The number of halogens is 4. The second-order valence-electron chi connectivity index (χ2n) is 4.93. The van der Waals surface area contributed by atoms with Crippen molar-refractivity contribution in [2.45, 2.75) is 24.9 Å². The van der Waals surface area contributed by atoms with Crippen molar-refractivity contribution in [1.29, 1.82) is 0 Å². The van der Waals surface area contributed by atoms with E-state index in [0.29, 0.717) is 11.4 Å². The highest BCUT2D eigenvalue weighted by molar-refractivity contribution is 5.99. The van der Waals surface area contributed by atoms with Gasteiger partial charge in [-0.05, 0) is 37.4 Å². The third-order valence-electron chi connectivity index (χ3n) is 3.40. The number of hydrogen-bond acceptors (Lipinski definition) is 5. The van der Waals surface area contributed by atoms with E-state index in [1.807, 2.05) is 0 Å². The van der Waals surface area contributed by atoms with Gasteiger partial charge in [0.2, 0.25) is 0 Å². The number of rotatable bonds is 2. The van der Waals surface area contributed by atoms with Crippen LogP contribution in [-0.2, 0) is 4.84 Å². The molecule has 0 aromatic heterocycles. The molecule has 1 aromatic rings. The van der Waals surface area contributed by atoms with Crippen LogP contribution in [0.3, 0.4) is 0 Å². The molecule has 5 nitrogen and oxygen atoms in total. The first-order chi connectivity index (χ1) is 9.96. The molecule has 0 bridgehead atoms. The number of nitrogens with zero attached hydrogens (tertiary/aromatic N) is 1. The molecular weight excluding hydrogens is 323 g/mol. The summed E-state index contributed by atoms with van der Waals surface area (Å²) in [5.74, 6) is 0.262. The summed E-state index contributed by atoms with van der Waals surface area (Å²) >= 11 is 0. The van der Waals surface area contributed by atoms with Crippen molar-refractivity contribution in [3.05, 3.63) is 29.8 Å². The number of hydrogen-bond donors (Lipinski definition) is 2. The van der Waals surface area contributed by atoms with Gasteiger partial charge in [0.15, 0.2) is 11.6 Å². The van der Waals surface area contributed by atoms with Gasteiger partial charge in [0, 0.05) is 18.4 Å². The molecule has 122 valence electrons. The molecule has 2 aliphatic rings. The quantitative estimate of drug-likeness (QED) is 0.870. The Bertz CT molecular complexity index is 542. The summed E-state index contributed by atoms with van der Waals surface area (Å²) in [7, 11) is 0. The van der Waals surface area contributed by atoms with Crippen molar-refractivity contribution in [2.24, 2.45) is 4.99 Å². The Balaban J connectivity index is 0.00000176. The first-order valence-electron chi connectivity index (χ1n) is 6.57. The molecule has 0 radical (unpaired) electrons. The fourth-order valence-electron chi connectivity index (χ4n) is 2.36. The van der Waals surface area contributed by atoms with Crippen molar-refractivity contribution < 1.29 is 22.7 Å². The highest BCUT2D eigenvalue weighted by Gasteiger charge is 2.38. The first-order valence-corrected chi connectivity index (χ1v) is 6.57. The minimum Gasteiger partial charge on any atom is -0.406 e. The largest absolute Gasteiger partial charge is 0.573 e. The SMILES string of the molecule is Cl.FC(F)(F)Oc1ccc(C2=NC3(CCNCC3)ON2)cc1. The van der Waals surface area contributed by atoms with E-state index in [-0.39, 0.29) is 18.2 Å². The van der Waals surface area contributed by atoms with Crippen LogP contribution in [0.15, 0.2) is 29.3 Å². The molecule has 1 fully saturated rings. The topological polar surface area (TPSA) is 54.9 Å². The molecule has 1 spiro atoms. The van der Waals surface area contributed by atoms with Crippen molar-refractivity contribution >= 4 is 18.2 Å². The monoisotopic (exact) mass is 337 g/mol. The molecule has 0 atom stereocenters. The summed E-state index contributed by atoms with van der Waals surface area (Å²) in [5, 5.41) is 3.22. The van der Waals surface area contributed by atoms with Gasteiger partial charge < -0.3 is 10.1 Å². The molecule has 2 aliphatic heterocycles. The van der Waals surface area contributed by atoms with Gasteiger partial charge in [-0.2, -0.15) is 0 Å². The second-order valence-corrected chi connectivity index (χ2v) is 4.93. The summed E-state index contributed by atoms with van der Waals surface area (Å²) in [6.07, 6.45) is -3.19. The zero-order valence-corrected chi connectivity index (χ0v) is 12.3. The Morgan fingerprint density at radius 1 is 1.14 bits per heavy atom. The number of piperidine rings is 1. The minimum absolute atomic E-state index is 0. The Hall–Kier alpha value is -1.51. The smallest absolute Gasteiger partial charge is 0.406 e. The van der Waals surface area contributed by atoms with Crippen molar-refractivity contribution in [3.8, 4) is 5.75 Å². The van der Waals surface area contributed by atoms with Gasteiger partial charge in [0.05, 0.1) is 0 Å². The van der Waals surface area contributed by atoms with E-state index < -0.39 is 12.1 Å². The molecule has 22 heavy (non-hydrogen) atoms. The number of aliphatic imine (C=N–C) groups is 1. The van der Waals surface area contributed by atoms with Crippen LogP contribution in [0.5, 0.6) is 5.75 Å². The van der Waals surface area contributed by atoms with E-state index in [4.69, 9.17) is 4.84 Å². The van der Waals surface area contributed by atoms with Crippen LogP contribution in [0.25, 0.3) is 0 Å². The number of nitrogens with one attached hydrogen (secondary N) is 2. The first kappa shape index (κ1) is 16.9. The number of benzene rings is 1. The summed E-state index contributed by atoms with van der Waals surface area (Å²) in [4.78, 5) is 10.1. The predicted molar refractivity (Wildman–Crippen MR) is 76.0 cm³/mol. The second kappa shape index (κ2) is 6.31. The number of hydroxylamine groups is 1. The molecule has 1 aromatic carbocycles. The maximum Gasteiger partial charge on any atom is 0.573 e. The molecular formula is C13H15ClF3N3O2. The van der Waals surface area contributed by atoms with Crippen molar-refractivity contribution in [1.82, 2.24) is 10.8 Å². The summed E-state index contributed by atoms with van der Waals surface area (Å²) in [6, 6.07) is 5.52. The zero-order valence-electron chi connectivity index (χ0n) is 11.4. The molecule has 0 aliphatic carbocycles. The standard InChI is InChI=1S/C13H14F3N3O2.ClH/c14-13(15,16)20-10-3-1-9(2-4-10)11-18-12(21-19-11)5-7-17-8-6-12;/h1-4,17H,5-8H2,(H,18,19);1H. The molecule has 3 rings (SSSR count). The zero-order chi connectivity index (χ0) is 14.9. The summed E-state index contributed by atoms with van der Waals surface area (Å²) in [5.41, 5.74) is 2.85. The molecule has 1 saturated heterocycles. The minimum atomic E-state index is -4.69. The molecule has 0 amide bonds. The molecule has 0 saturated carbocycles. The van der Waals surface area contributed by atoms with E-state index in [0.717, 1.165) is 25.9 Å². The van der Waals surface area contributed by atoms with E-state index >= 15 is 0 Å². The van der Waals surface area contributed by atoms with Crippen LogP contribution in [-0.4, -0.2) is 31.0 Å². The fourth-order valence-corrected chi connectivity index (χ4v) is 2.36. The Morgan fingerprint density at radius 2 is 1.77 bits per heavy atom. The Kier molecular flexibility index (Phi) is 4.84. The van der Waals surface area contributed by atoms with Crippen LogP contribution < -0.4 is 15.5 Å². The Labute approximate surface area is 131 Å². The van der Waals surface area contributed by atoms with Gasteiger partial charge in [-0.25, -0.2) is 15.3 Å². The average molecular weight is 338 g/mol. The molecule has 9 heteroatoms. The lowest BCUT2D eigenvalue weighted by Crippen LogP contribution is -2.41. The summed E-state index contributed by atoms with van der Waals surface area (Å²) in [6.45, 7) is 1.63.